The summed E-state index contributed by atoms with van der Waals surface area (Å²) < 4.78 is 23.6. The SMILES string of the molecule is O=S(=O)(C(Br)(Br)Cc1ccc(Cl)cc1Cl)C(Br)(Br)Cc1ccc(Cl)cc1Cl. The molecule has 0 bridgehead atoms. The van der Waals surface area contributed by atoms with Gasteiger partial charge in [0.1, 0.15) is 0 Å². The van der Waals surface area contributed by atoms with E-state index in [1.54, 1.807) is 36.4 Å². The fraction of sp³-hybridized carbons (Fsp3) is 0.250. The maximum absolute atomic E-state index is 13.3. The molecule has 0 aromatic heterocycles. The average Bonchev–Trinajstić information content (AvgIpc) is 2.52. The molecule has 2 aromatic rings. The van der Waals surface area contributed by atoms with Gasteiger partial charge in [0.2, 0.25) is 9.84 Å². The van der Waals surface area contributed by atoms with Gasteiger partial charge in [0.05, 0.1) is 0 Å². The number of hydrogen-bond acceptors (Lipinski definition) is 2. The van der Waals surface area contributed by atoms with E-state index in [0.29, 0.717) is 31.2 Å². The molecular formula is C16H10Br4Cl4O2S. The average molecular weight is 728 g/mol. The molecule has 0 aliphatic heterocycles. The maximum Gasteiger partial charge on any atom is 0.202 e. The van der Waals surface area contributed by atoms with Crippen molar-refractivity contribution in [1.82, 2.24) is 0 Å². The molecule has 2 nitrogen and oxygen atoms in total. The lowest BCUT2D eigenvalue weighted by Gasteiger charge is -2.30. The number of halogens is 8. The summed E-state index contributed by atoms with van der Waals surface area (Å²) in [5.41, 5.74) is 1.22. The van der Waals surface area contributed by atoms with Crippen molar-refractivity contribution in [3.63, 3.8) is 0 Å². The highest BCUT2D eigenvalue weighted by Crippen LogP contribution is 2.50. The first-order chi connectivity index (χ1) is 12.3. The van der Waals surface area contributed by atoms with Crippen LogP contribution in [-0.4, -0.2) is 13.5 Å². The third-order valence-electron chi connectivity index (χ3n) is 3.61. The minimum Gasteiger partial charge on any atom is -0.224 e. The zero-order valence-corrected chi connectivity index (χ0v) is 23.3. The molecule has 0 radical (unpaired) electrons. The molecule has 0 fully saturated rings. The Morgan fingerprint density at radius 3 is 1.33 bits per heavy atom. The number of rotatable bonds is 6. The normalized spacial score (nSPS) is 13.0. The van der Waals surface area contributed by atoms with Gasteiger partial charge >= 0.3 is 0 Å². The molecule has 148 valence electrons. The van der Waals surface area contributed by atoms with Crippen molar-refractivity contribution in [2.24, 2.45) is 0 Å². The van der Waals surface area contributed by atoms with Crippen LogP contribution >= 0.6 is 110 Å². The molecule has 0 unspecified atom stereocenters. The lowest BCUT2D eigenvalue weighted by atomic mass is 10.2. The van der Waals surface area contributed by atoms with Crippen molar-refractivity contribution in [1.29, 1.82) is 0 Å². The first-order valence-corrected chi connectivity index (χ1v) is 13.3. The van der Waals surface area contributed by atoms with Gasteiger partial charge in [0.25, 0.3) is 0 Å². The summed E-state index contributed by atoms with van der Waals surface area (Å²) in [4.78, 5) is 0. The van der Waals surface area contributed by atoms with Crippen LogP contribution in [0.25, 0.3) is 0 Å². The summed E-state index contributed by atoms with van der Waals surface area (Å²) in [7, 11) is -3.90. The Hall–Kier alpha value is 1.47. The number of hydrogen-bond donors (Lipinski definition) is 0. The van der Waals surface area contributed by atoms with Gasteiger partial charge in [-0.25, -0.2) is 8.42 Å². The second-order valence-corrected chi connectivity index (χ2v) is 19.3. The van der Waals surface area contributed by atoms with E-state index in [0.717, 1.165) is 0 Å². The number of sulfone groups is 1. The van der Waals surface area contributed by atoms with E-state index in [9.17, 15) is 8.42 Å². The molecule has 11 heteroatoms. The second kappa shape index (κ2) is 9.31. The third kappa shape index (κ3) is 5.79. The second-order valence-electron chi connectivity index (χ2n) is 5.60. The molecule has 0 saturated carbocycles. The lowest BCUT2D eigenvalue weighted by Crippen LogP contribution is -2.41. The molecule has 2 rings (SSSR count). The first-order valence-electron chi connectivity index (χ1n) is 7.14. The van der Waals surface area contributed by atoms with Crippen LogP contribution in [0.15, 0.2) is 36.4 Å². The van der Waals surface area contributed by atoms with E-state index in [1.165, 1.54) is 0 Å². The molecule has 27 heavy (non-hydrogen) atoms. The van der Waals surface area contributed by atoms with Crippen LogP contribution < -0.4 is 0 Å². The minimum atomic E-state index is -3.90. The van der Waals surface area contributed by atoms with Crippen LogP contribution in [0.5, 0.6) is 0 Å². The molecule has 0 aliphatic rings. The Morgan fingerprint density at radius 1 is 0.704 bits per heavy atom. The van der Waals surface area contributed by atoms with E-state index in [1.807, 2.05) is 0 Å². The molecule has 0 atom stereocenters. The molecule has 0 saturated heterocycles. The lowest BCUT2D eigenvalue weighted by molar-refractivity contribution is 0.585. The van der Waals surface area contributed by atoms with E-state index >= 15 is 0 Å². The van der Waals surface area contributed by atoms with Crippen LogP contribution in [-0.2, 0) is 22.7 Å². The monoisotopic (exact) mass is 722 g/mol. The minimum absolute atomic E-state index is 0.0542. The quantitative estimate of drug-likeness (QED) is 0.281. The van der Waals surface area contributed by atoms with E-state index in [-0.39, 0.29) is 12.8 Å². The highest BCUT2D eigenvalue weighted by molar-refractivity contribution is 9.31. The van der Waals surface area contributed by atoms with Crippen molar-refractivity contribution in [3.8, 4) is 0 Å². The zero-order valence-electron chi connectivity index (χ0n) is 13.1. The Morgan fingerprint density at radius 2 is 1.04 bits per heavy atom. The standard InChI is InChI=1S/C16H10Br4Cl4O2S/c17-15(18,7-9-1-3-11(21)5-13(9)23)27(25,26)16(19,20)8-10-2-4-12(22)6-14(10)24/h1-6H,7-8H2. The molecule has 0 amide bonds. The molecule has 0 N–H and O–H groups in total. The van der Waals surface area contributed by atoms with Gasteiger partial charge in [-0.2, -0.15) is 0 Å². The molecule has 0 aliphatic carbocycles. The van der Waals surface area contributed by atoms with Gasteiger partial charge < -0.3 is 0 Å². The summed E-state index contributed by atoms with van der Waals surface area (Å²) in [5.74, 6) is 0. The molecule has 0 heterocycles. The van der Waals surface area contributed by atoms with Gasteiger partial charge in [-0.3, -0.25) is 0 Å². The van der Waals surface area contributed by atoms with Gasteiger partial charge in [0, 0.05) is 32.9 Å². The Labute approximate surface area is 211 Å². The summed E-state index contributed by atoms with van der Waals surface area (Å²) >= 11 is 37.4. The summed E-state index contributed by atoms with van der Waals surface area (Å²) in [6.45, 7) is 0. The summed E-state index contributed by atoms with van der Waals surface area (Å²) in [5, 5.41) is 1.68. The van der Waals surface area contributed by atoms with Crippen LogP contribution in [0.1, 0.15) is 11.1 Å². The molecule has 2 aromatic carbocycles. The summed E-state index contributed by atoms with van der Waals surface area (Å²) in [6.07, 6.45) is 0.108. The fourth-order valence-corrected chi connectivity index (χ4v) is 11.4. The van der Waals surface area contributed by atoms with Crippen molar-refractivity contribution >= 4 is 120 Å². The highest BCUT2D eigenvalue weighted by Gasteiger charge is 2.52. The van der Waals surface area contributed by atoms with Crippen LogP contribution in [0.2, 0.25) is 20.1 Å². The van der Waals surface area contributed by atoms with Gasteiger partial charge in [-0.15, -0.1) is 0 Å². The van der Waals surface area contributed by atoms with E-state index in [2.05, 4.69) is 63.7 Å². The van der Waals surface area contributed by atoms with Crippen molar-refractivity contribution in [2.75, 3.05) is 0 Å². The Kier molecular flexibility index (Phi) is 8.53. The zero-order chi connectivity index (χ0) is 20.6. The van der Waals surface area contributed by atoms with Crippen LogP contribution in [0.4, 0.5) is 0 Å². The van der Waals surface area contributed by atoms with Gasteiger partial charge in [-0.1, -0.05) is 122 Å². The third-order valence-corrected chi connectivity index (χ3v) is 12.9. The van der Waals surface area contributed by atoms with E-state index < -0.39 is 15.0 Å². The van der Waals surface area contributed by atoms with Crippen molar-refractivity contribution < 1.29 is 8.42 Å². The molecule has 0 spiro atoms. The van der Waals surface area contributed by atoms with Crippen molar-refractivity contribution in [2.45, 2.75) is 18.0 Å². The number of benzene rings is 2. The topological polar surface area (TPSA) is 34.1 Å². The maximum atomic E-state index is 13.3. The predicted octanol–water partition coefficient (Wildman–Crippen LogP) is 8.39. The number of alkyl halides is 4. The van der Waals surface area contributed by atoms with Crippen LogP contribution in [0.3, 0.4) is 0 Å². The highest BCUT2D eigenvalue weighted by atomic mass is 79.9. The Bertz CT molecular complexity index is 893. The predicted molar refractivity (Wildman–Crippen MR) is 130 cm³/mol. The van der Waals surface area contributed by atoms with Crippen molar-refractivity contribution in [3.05, 3.63) is 67.6 Å². The molecular weight excluding hydrogens is 718 g/mol. The smallest absolute Gasteiger partial charge is 0.202 e. The summed E-state index contributed by atoms with van der Waals surface area (Å²) in [6, 6.07) is 9.77. The van der Waals surface area contributed by atoms with Crippen LogP contribution in [0, 0.1) is 0 Å². The Balaban J connectivity index is 2.35. The first kappa shape index (κ1) is 24.7. The van der Waals surface area contributed by atoms with Gasteiger partial charge in [-0.05, 0) is 35.4 Å². The fourth-order valence-electron chi connectivity index (χ4n) is 2.18. The largest absolute Gasteiger partial charge is 0.224 e. The van der Waals surface area contributed by atoms with E-state index in [4.69, 9.17) is 46.4 Å². The van der Waals surface area contributed by atoms with Gasteiger partial charge in [0.15, 0.2) is 5.13 Å².